The number of carbonyl (C=O) groups is 4. The van der Waals surface area contributed by atoms with Gasteiger partial charge in [-0.25, -0.2) is 0 Å². The van der Waals surface area contributed by atoms with Gasteiger partial charge in [-0.05, 0) is 123 Å². The van der Waals surface area contributed by atoms with E-state index in [-0.39, 0.29) is 64.9 Å². The zero-order valence-electron chi connectivity index (χ0n) is 34.9. The van der Waals surface area contributed by atoms with E-state index in [9.17, 15) is 29.4 Å². The number of pyridine rings is 1. The standard InChI is InChI=1S/C45H67N3O7/c1-27(2)37-30(49)22-45(33(50)25-48(26-35(46)51)24-28-12-10-11-21-47-28)20-19-43(8)29(38(37)45)13-14-32-42(7)17-16-34(55-36(52)23-40(3,4)39(53)54)41(5,6)31(42)15-18-44(32,43)9/h10-12,21,27,29,31-34,50H,13-20,22-26H2,1-9H3,(H2,46,51)(H,53,54)/t29-,31+,32-,33+,34+,42+,43-,44-,45?/m1/s1. The monoisotopic (exact) mass is 761 g/mol. The Morgan fingerprint density at radius 1 is 0.982 bits per heavy atom. The molecule has 1 unspecified atom stereocenters. The first-order valence-electron chi connectivity index (χ1n) is 20.8. The van der Waals surface area contributed by atoms with Gasteiger partial charge < -0.3 is 20.7 Å². The number of Topliss-reactive ketones (excluding diaryl/α,β-unsaturated/α-hetero) is 1. The number of primary amides is 1. The topological polar surface area (TPSA) is 160 Å². The summed E-state index contributed by atoms with van der Waals surface area (Å²) in [4.78, 5) is 57.7. The zero-order valence-corrected chi connectivity index (χ0v) is 34.9. The number of hydrogen-bond acceptors (Lipinski definition) is 8. The van der Waals surface area contributed by atoms with Crippen LogP contribution in [0.1, 0.15) is 132 Å². The van der Waals surface area contributed by atoms with Gasteiger partial charge in [0, 0.05) is 36.5 Å². The fourth-order valence-corrected chi connectivity index (χ4v) is 13.5. The number of aliphatic hydroxyl groups is 1. The molecule has 55 heavy (non-hydrogen) atoms. The van der Waals surface area contributed by atoms with E-state index in [0.717, 1.165) is 56.2 Å². The lowest BCUT2D eigenvalue weighted by Gasteiger charge is -2.72. The van der Waals surface area contributed by atoms with Crippen molar-refractivity contribution in [2.24, 2.45) is 61.9 Å². The summed E-state index contributed by atoms with van der Waals surface area (Å²) in [5.74, 6) is -0.800. The average molecular weight is 762 g/mol. The molecule has 304 valence electrons. The highest BCUT2D eigenvalue weighted by atomic mass is 16.5. The number of aliphatic carboxylic acids is 1. The fourth-order valence-electron chi connectivity index (χ4n) is 13.5. The highest BCUT2D eigenvalue weighted by Gasteiger charge is 2.71. The van der Waals surface area contributed by atoms with Crippen LogP contribution in [0.5, 0.6) is 0 Å². The third-order valence-corrected chi connectivity index (χ3v) is 16.4. The number of carbonyl (C=O) groups excluding carboxylic acids is 3. The van der Waals surface area contributed by atoms with Gasteiger partial charge in [-0.15, -0.1) is 0 Å². The molecule has 5 aliphatic carbocycles. The van der Waals surface area contributed by atoms with Crippen molar-refractivity contribution in [3.05, 3.63) is 41.2 Å². The van der Waals surface area contributed by atoms with Crippen LogP contribution in [0, 0.1) is 56.2 Å². The maximum atomic E-state index is 14.2. The van der Waals surface area contributed by atoms with Crippen LogP contribution in [0.2, 0.25) is 0 Å². The van der Waals surface area contributed by atoms with E-state index < -0.39 is 34.8 Å². The maximum absolute atomic E-state index is 14.2. The van der Waals surface area contributed by atoms with E-state index >= 15 is 0 Å². The van der Waals surface area contributed by atoms with Crippen LogP contribution in [-0.2, 0) is 30.5 Å². The summed E-state index contributed by atoms with van der Waals surface area (Å²) in [5, 5.41) is 22.1. The van der Waals surface area contributed by atoms with Gasteiger partial charge in [-0.2, -0.15) is 0 Å². The van der Waals surface area contributed by atoms with Crippen molar-refractivity contribution in [3.8, 4) is 0 Å². The van der Waals surface area contributed by atoms with Crippen molar-refractivity contribution in [3.63, 3.8) is 0 Å². The Labute approximate surface area is 328 Å². The van der Waals surface area contributed by atoms with Gasteiger partial charge >= 0.3 is 11.9 Å². The molecule has 0 radical (unpaired) electrons. The lowest BCUT2D eigenvalue weighted by atomic mass is 9.33. The van der Waals surface area contributed by atoms with Crippen molar-refractivity contribution >= 4 is 23.6 Å². The van der Waals surface area contributed by atoms with Gasteiger partial charge in [0.05, 0.1) is 30.2 Å². The molecule has 1 heterocycles. The van der Waals surface area contributed by atoms with E-state index in [1.165, 1.54) is 5.57 Å². The van der Waals surface area contributed by atoms with Crippen molar-refractivity contribution in [2.45, 2.75) is 145 Å². The number of amides is 1. The molecule has 4 N–H and O–H groups in total. The van der Waals surface area contributed by atoms with Gasteiger partial charge in [0.15, 0.2) is 5.78 Å². The minimum atomic E-state index is -1.18. The Morgan fingerprint density at radius 3 is 2.31 bits per heavy atom. The van der Waals surface area contributed by atoms with E-state index in [1.54, 1.807) is 20.0 Å². The first kappa shape index (κ1) is 41.5. The lowest BCUT2D eigenvalue weighted by Crippen LogP contribution is -2.66. The number of allylic oxidation sites excluding steroid dienone is 1. The Hall–Kier alpha value is -3.11. The number of esters is 1. The van der Waals surface area contributed by atoms with E-state index in [0.29, 0.717) is 31.2 Å². The summed E-state index contributed by atoms with van der Waals surface area (Å²) >= 11 is 0. The van der Waals surface area contributed by atoms with Crippen LogP contribution < -0.4 is 5.73 Å². The Kier molecular flexibility index (Phi) is 10.8. The summed E-state index contributed by atoms with van der Waals surface area (Å²) < 4.78 is 6.16. The summed E-state index contributed by atoms with van der Waals surface area (Å²) in [6, 6.07) is 5.66. The van der Waals surface area contributed by atoms with Crippen molar-refractivity contribution in [1.82, 2.24) is 9.88 Å². The number of rotatable bonds is 12. The molecule has 6 rings (SSSR count). The minimum absolute atomic E-state index is 0.00881. The fraction of sp³-hybridized carbons (Fsp3) is 0.756. The normalized spacial score (nSPS) is 36.1. The number of nitrogens with zero attached hydrogens (tertiary/aromatic N) is 2. The number of hydrogen-bond donors (Lipinski definition) is 3. The average Bonchev–Trinajstić information content (AvgIpc) is 3.39. The SMILES string of the molecule is CC(C)C1=C2[C@H]3CC[C@@H]4[C@@]5(C)CC[C@H](OC(=O)CC(C)(C)C(=O)O)C(C)(C)[C@@H]5CC[C@@]4(C)[C@]3(C)CCC2([C@@H](O)CN(CC(N)=O)Cc2ccccn2)CC1=O. The Morgan fingerprint density at radius 2 is 1.69 bits per heavy atom. The molecule has 0 saturated heterocycles. The summed E-state index contributed by atoms with van der Waals surface area (Å²) in [7, 11) is 0. The molecule has 10 nitrogen and oxygen atoms in total. The van der Waals surface area contributed by atoms with Gasteiger partial charge in [0.1, 0.15) is 6.10 Å². The summed E-state index contributed by atoms with van der Waals surface area (Å²) in [5.41, 5.74) is 6.37. The molecular weight excluding hydrogens is 695 g/mol. The van der Waals surface area contributed by atoms with Crippen LogP contribution in [0.25, 0.3) is 0 Å². The summed E-state index contributed by atoms with van der Waals surface area (Å²) in [6.07, 6.45) is 8.07. The van der Waals surface area contributed by atoms with Crippen LogP contribution in [0.4, 0.5) is 0 Å². The molecule has 0 bridgehead atoms. The summed E-state index contributed by atoms with van der Waals surface area (Å²) in [6.45, 7) is 20.0. The highest BCUT2D eigenvalue weighted by molar-refractivity contribution is 6.00. The van der Waals surface area contributed by atoms with E-state index in [1.807, 2.05) is 23.1 Å². The molecule has 1 aromatic rings. The van der Waals surface area contributed by atoms with E-state index in [4.69, 9.17) is 10.5 Å². The largest absolute Gasteiger partial charge is 0.481 e. The molecule has 1 amide bonds. The molecule has 4 fully saturated rings. The maximum Gasteiger partial charge on any atom is 0.309 e. The Bertz CT molecular complexity index is 1720. The van der Waals surface area contributed by atoms with E-state index in [2.05, 4.69) is 53.5 Å². The molecule has 4 saturated carbocycles. The molecule has 10 heteroatoms. The number of carboxylic acids is 1. The van der Waals surface area contributed by atoms with Gasteiger partial charge in [-0.3, -0.25) is 29.1 Å². The second-order valence-electron chi connectivity index (χ2n) is 20.5. The number of ketones is 1. The second kappa shape index (κ2) is 14.4. The molecule has 0 aliphatic heterocycles. The second-order valence-corrected chi connectivity index (χ2v) is 20.5. The predicted molar refractivity (Wildman–Crippen MR) is 210 cm³/mol. The number of aliphatic hydroxyl groups excluding tert-OH is 1. The highest BCUT2D eigenvalue weighted by Crippen LogP contribution is 2.77. The third-order valence-electron chi connectivity index (χ3n) is 16.4. The number of ether oxygens (including phenoxy) is 1. The van der Waals surface area contributed by atoms with Crippen molar-refractivity contribution in [2.75, 3.05) is 13.1 Å². The van der Waals surface area contributed by atoms with Gasteiger partial charge in [0.25, 0.3) is 0 Å². The number of aromatic nitrogens is 1. The van der Waals surface area contributed by atoms with Gasteiger partial charge in [-0.1, -0.05) is 60.1 Å². The number of carboxylic acid groups (broad SMARTS) is 1. The van der Waals surface area contributed by atoms with Crippen LogP contribution >= 0.6 is 0 Å². The molecule has 9 atom stereocenters. The minimum Gasteiger partial charge on any atom is -0.481 e. The Balaban J connectivity index is 1.29. The predicted octanol–water partition coefficient (Wildman–Crippen LogP) is 7.12. The molecule has 5 aliphatic rings. The molecular formula is C45H67N3O7. The lowest BCUT2D eigenvalue weighted by molar-refractivity contribution is -0.235. The number of fused-ring (bicyclic) bond motifs is 7. The van der Waals surface area contributed by atoms with Crippen molar-refractivity contribution < 1.29 is 34.1 Å². The van der Waals surface area contributed by atoms with Gasteiger partial charge in [0.2, 0.25) is 5.91 Å². The van der Waals surface area contributed by atoms with Crippen molar-refractivity contribution in [1.29, 1.82) is 0 Å². The van der Waals surface area contributed by atoms with Crippen LogP contribution in [0.15, 0.2) is 35.5 Å². The third kappa shape index (κ3) is 6.79. The van der Waals surface area contributed by atoms with Crippen LogP contribution in [0.3, 0.4) is 0 Å². The smallest absolute Gasteiger partial charge is 0.309 e. The first-order chi connectivity index (χ1) is 25.5. The first-order valence-corrected chi connectivity index (χ1v) is 20.8. The number of nitrogens with two attached hydrogens (primary N) is 1. The molecule has 0 spiro atoms. The quantitative estimate of drug-likeness (QED) is 0.189. The zero-order chi connectivity index (χ0) is 40.5. The van der Waals surface area contributed by atoms with Crippen LogP contribution in [-0.4, -0.2) is 69.0 Å². The molecule has 0 aromatic carbocycles. The molecule has 1 aromatic heterocycles.